The highest BCUT2D eigenvalue weighted by Crippen LogP contribution is 1.90. The molecule has 0 bridgehead atoms. The second-order valence-corrected chi connectivity index (χ2v) is 1.53. The molecule has 0 radical (unpaired) electrons. The molecular weight excluding hydrogens is 100 g/mol. The Kier molecular flexibility index (Phi) is 1.05. The average Bonchev–Trinajstić information content (AvgIpc) is 2.14. The number of hydrogen-bond donors (Lipinski definition) is 1. The highest BCUT2D eigenvalue weighted by Gasteiger charge is 1.87. The van der Waals surface area contributed by atoms with Gasteiger partial charge in [0.05, 0.1) is 6.20 Å². The second-order valence-electron chi connectivity index (χ2n) is 1.53. The van der Waals surface area contributed by atoms with Gasteiger partial charge in [0.15, 0.2) is 0 Å². The number of nitrogens with one attached hydrogen (secondary N) is 1. The predicted octanol–water partition coefficient (Wildman–Crippen LogP) is 0.699. The molecule has 0 aliphatic carbocycles. The monoisotopic (exact) mass is 106 g/mol. The highest BCUT2D eigenvalue weighted by atomic mass is 14.9. The Morgan fingerprint density at radius 3 is 2.88 bits per heavy atom. The zero-order valence-corrected chi connectivity index (χ0v) is 4.60. The molecule has 0 atom stereocenters. The number of imidazole rings is 1. The van der Waals surface area contributed by atoms with E-state index >= 15 is 0 Å². The lowest BCUT2D eigenvalue weighted by Crippen LogP contribution is -1.71. The minimum Gasteiger partial charge on any atom is -0.336 e. The SMILES string of the molecule is C#Cc1cnc(C)[nH]1. The molecule has 0 aromatic carbocycles. The van der Waals surface area contributed by atoms with Crippen LogP contribution in [-0.4, -0.2) is 9.97 Å². The Labute approximate surface area is 48.0 Å². The Bertz CT molecular complexity index is 217. The molecule has 1 aromatic heterocycles. The van der Waals surface area contributed by atoms with E-state index < -0.39 is 0 Å². The molecule has 8 heavy (non-hydrogen) atoms. The van der Waals surface area contributed by atoms with Gasteiger partial charge in [0.2, 0.25) is 0 Å². The first-order valence-corrected chi connectivity index (χ1v) is 2.31. The zero-order valence-electron chi connectivity index (χ0n) is 4.60. The summed E-state index contributed by atoms with van der Waals surface area (Å²) >= 11 is 0. The smallest absolute Gasteiger partial charge is 0.109 e. The first-order valence-electron chi connectivity index (χ1n) is 2.31. The minimum atomic E-state index is 0.738. The van der Waals surface area contributed by atoms with Gasteiger partial charge in [-0.05, 0) is 6.92 Å². The molecule has 0 aliphatic heterocycles. The van der Waals surface area contributed by atoms with Gasteiger partial charge in [0.1, 0.15) is 11.5 Å². The van der Waals surface area contributed by atoms with Crippen LogP contribution in [0.5, 0.6) is 0 Å². The van der Waals surface area contributed by atoms with E-state index in [1.807, 2.05) is 6.92 Å². The van der Waals surface area contributed by atoms with Crippen LogP contribution >= 0.6 is 0 Å². The molecule has 0 spiro atoms. The Balaban J connectivity index is 3.05. The van der Waals surface area contributed by atoms with Gasteiger partial charge >= 0.3 is 0 Å². The van der Waals surface area contributed by atoms with E-state index in [1.54, 1.807) is 6.20 Å². The summed E-state index contributed by atoms with van der Waals surface area (Å²) in [6.07, 6.45) is 6.68. The molecule has 2 heteroatoms. The third-order valence-electron chi connectivity index (χ3n) is 0.858. The largest absolute Gasteiger partial charge is 0.336 e. The standard InChI is InChI=1S/C6H6N2/c1-3-6-4-7-5(2)8-6/h1,4H,2H3,(H,7,8). The summed E-state index contributed by atoms with van der Waals surface area (Å²) in [4.78, 5) is 6.77. The topological polar surface area (TPSA) is 28.7 Å². The fourth-order valence-electron chi connectivity index (χ4n) is 0.494. The summed E-state index contributed by atoms with van der Waals surface area (Å²) < 4.78 is 0. The van der Waals surface area contributed by atoms with Crippen molar-refractivity contribution >= 4 is 0 Å². The number of aromatic nitrogens is 2. The lowest BCUT2D eigenvalue weighted by atomic mass is 10.5. The normalized spacial score (nSPS) is 8.50. The van der Waals surface area contributed by atoms with Gasteiger partial charge in [-0.2, -0.15) is 0 Å². The molecule has 0 saturated heterocycles. The van der Waals surface area contributed by atoms with E-state index in [2.05, 4.69) is 15.9 Å². The fourth-order valence-corrected chi connectivity index (χ4v) is 0.494. The lowest BCUT2D eigenvalue weighted by molar-refractivity contribution is 1.14. The van der Waals surface area contributed by atoms with E-state index in [0.29, 0.717) is 0 Å². The molecule has 0 aliphatic rings. The van der Waals surface area contributed by atoms with Crippen molar-refractivity contribution in [2.75, 3.05) is 0 Å². The predicted molar refractivity (Wildman–Crippen MR) is 31.3 cm³/mol. The molecule has 0 unspecified atom stereocenters. The third kappa shape index (κ3) is 0.710. The van der Waals surface area contributed by atoms with Gasteiger partial charge in [-0.1, -0.05) is 5.92 Å². The number of hydrogen-bond acceptors (Lipinski definition) is 1. The maximum atomic E-state index is 5.04. The maximum absolute atomic E-state index is 5.04. The molecule has 1 rings (SSSR count). The van der Waals surface area contributed by atoms with Crippen molar-refractivity contribution in [1.29, 1.82) is 0 Å². The first-order chi connectivity index (χ1) is 3.83. The Hall–Kier alpha value is -1.23. The van der Waals surface area contributed by atoms with Gasteiger partial charge in [-0.25, -0.2) is 4.98 Å². The summed E-state index contributed by atoms with van der Waals surface area (Å²) in [6, 6.07) is 0. The van der Waals surface area contributed by atoms with Crippen LogP contribution in [0.25, 0.3) is 0 Å². The quantitative estimate of drug-likeness (QED) is 0.484. The van der Waals surface area contributed by atoms with Crippen LogP contribution in [0.15, 0.2) is 6.20 Å². The van der Waals surface area contributed by atoms with E-state index in [4.69, 9.17) is 6.42 Å². The van der Waals surface area contributed by atoms with Crippen LogP contribution in [0.4, 0.5) is 0 Å². The Morgan fingerprint density at radius 1 is 1.88 bits per heavy atom. The van der Waals surface area contributed by atoms with Gasteiger partial charge in [0.25, 0.3) is 0 Å². The summed E-state index contributed by atoms with van der Waals surface area (Å²) in [5.74, 6) is 3.29. The summed E-state index contributed by atoms with van der Waals surface area (Å²) in [5, 5.41) is 0. The lowest BCUT2D eigenvalue weighted by Gasteiger charge is -1.74. The van der Waals surface area contributed by atoms with Crippen LogP contribution in [0.3, 0.4) is 0 Å². The van der Waals surface area contributed by atoms with E-state index in [-0.39, 0.29) is 0 Å². The van der Waals surface area contributed by atoms with Gasteiger partial charge in [0, 0.05) is 0 Å². The number of aryl methyl sites for hydroxylation is 1. The molecular formula is C6H6N2. The molecule has 1 aromatic rings. The van der Waals surface area contributed by atoms with Crippen molar-refractivity contribution in [3.8, 4) is 12.3 Å². The van der Waals surface area contributed by atoms with Crippen LogP contribution in [0.2, 0.25) is 0 Å². The average molecular weight is 106 g/mol. The molecule has 0 fully saturated rings. The summed E-state index contributed by atoms with van der Waals surface area (Å²) in [6.45, 7) is 1.86. The highest BCUT2D eigenvalue weighted by molar-refractivity contribution is 5.21. The third-order valence-corrected chi connectivity index (χ3v) is 0.858. The van der Waals surface area contributed by atoms with Gasteiger partial charge in [-0.15, -0.1) is 6.42 Å². The number of terminal acetylenes is 1. The minimum absolute atomic E-state index is 0.738. The number of rotatable bonds is 0. The van der Waals surface area contributed by atoms with Gasteiger partial charge < -0.3 is 4.98 Å². The number of H-pyrrole nitrogens is 1. The van der Waals surface area contributed by atoms with Crippen LogP contribution in [-0.2, 0) is 0 Å². The van der Waals surface area contributed by atoms with E-state index in [0.717, 1.165) is 11.5 Å². The van der Waals surface area contributed by atoms with Crippen molar-refractivity contribution in [3.05, 3.63) is 17.7 Å². The van der Waals surface area contributed by atoms with Crippen molar-refractivity contribution < 1.29 is 0 Å². The van der Waals surface area contributed by atoms with Crippen molar-refractivity contribution in [3.63, 3.8) is 0 Å². The van der Waals surface area contributed by atoms with E-state index in [9.17, 15) is 0 Å². The van der Waals surface area contributed by atoms with Crippen LogP contribution in [0.1, 0.15) is 11.5 Å². The second kappa shape index (κ2) is 1.71. The molecule has 0 amide bonds. The summed E-state index contributed by atoms with van der Waals surface area (Å²) in [7, 11) is 0. The van der Waals surface area contributed by atoms with Crippen LogP contribution < -0.4 is 0 Å². The van der Waals surface area contributed by atoms with Gasteiger partial charge in [-0.3, -0.25) is 0 Å². The zero-order chi connectivity index (χ0) is 5.98. The maximum Gasteiger partial charge on any atom is 0.109 e. The molecule has 1 heterocycles. The summed E-state index contributed by atoms with van der Waals surface area (Å²) in [5.41, 5.74) is 0.738. The van der Waals surface area contributed by atoms with Crippen LogP contribution in [0, 0.1) is 19.3 Å². The van der Waals surface area contributed by atoms with Crippen molar-refractivity contribution in [1.82, 2.24) is 9.97 Å². The molecule has 0 saturated carbocycles. The molecule has 2 nitrogen and oxygen atoms in total. The molecule has 40 valence electrons. The number of aromatic amines is 1. The first kappa shape index (κ1) is 4.92. The van der Waals surface area contributed by atoms with E-state index in [1.165, 1.54) is 0 Å². The Morgan fingerprint density at radius 2 is 2.62 bits per heavy atom. The number of nitrogens with zero attached hydrogens (tertiary/aromatic N) is 1. The van der Waals surface area contributed by atoms with Crippen molar-refractivity contribution in [2.45, 2.75) is 6.92 Å². The molecule has 1 N–H and O–H groups in total. The fraction of sp³-hybridized carbons (Fsp3) is 0.167. The van der Waals surface area contributed by atoms with Crippen molar-refractivity contribution in [2.24, 2.45) is 0 Å².